The fraction of sp³-hybridized carbons (Fsp3) is 0.571. The fourth-order valence-corrected chi connectivity index (χ4v) is 0.436. The van der Waals surface area contributed by atoms with Gasteiger partial charge in [0, 0.05) is 6.07 Å². The maximum absolute atomic E-state index is 4.71. The molecule has 0 aliphatic rings. The minimum atomic E-state index is 0.461. The quantitative estimate of drug-likeness (QED) is 0.603. The Labute approximate surface area is 61.0 Å². The van der Waals surface area contributed by atoms with Gasteiger partial charge in [0.05, 0.1) is 12.8 Å². The minimum absolute atomic E-state index is 0.461. The number of aromatic nitrogens is 1. The van der Waals surface area contributed by atoms with E-state index in [1.165, 1.54) is 0 Å². The van der Waals surface area contributed by atoms with Crippen molar-refractivity contribution >= 4 is 0 Å². The van der Waals surface area contributed by atoms with E-state index in [-0.39, 0.29) is 0 Å². The average Bonchev–Trinajstić information content (AvgIpc) is 2.40. The summed E-state index contributed by atoms with van der Waals surface area (Å²) in [6.07, 6.45) is 0. The van der Waals surface area contributed by atoms with Crippen molar-refractivity contribution < 1.29 is 9.26 Å². The van der Waals surface area contributed by atoms with Crippen LogP contribution in [0.15, 0.2) is 10.6 Å². The Bertz CT molecular complexity index is 172. The molecule has 0 aliphatic heterocycles. The fourth-order valence-electron chi connectivity index (χ4n) is 0.436. The molecule has 0 N–H and O–H groups in total. The molecule has 3 heteroatoms. The Morgan fingerprint density at radius 1 is 1.50 bits per heavy atom. The Morgan fingerprint density at radius 3 is 2.30 bits per heavy atom. The highest BCUT2D eigenvalue weighted by Gasteiger charge is 1.94. The lowest BCUT2D eigenvalue weighted by atomic mass is 10.5. The van der Waals surface area contributed by atoms with Crippen LogP contribution in [0.1, 0.15) is 19.5 Å². The van der Waals surface area contributed by atoms with E-state index >= 15 is 0 Å². The molecule has 1 rings (SSSR count). The van der Waals surface area contributed by atoms with Gasteiger partial charge >= 0.3 is 5.95 Å². The average molecular weight is 143 g/mol. The Balaban J connectivity index is 0.000000371. The van der Waals surface area contributed by atoms with Crippen LogP contribution in [0.3, 0.4) is 0 Å². The topological polar surface area (TPSA) is 35.3 Å². The van der Waals surface area contributed by atoms with Crippen molar-refractivity contribution in [2.75, 3.05) is 7.11 Å². The van der Waals surface area contributed by atoms with E-state index in [9.17, 15) is 0 Å². The number of aryl methyl sites for hydroxylation is 1. The van der Waals surface area contributed by atoms with E-state index in [0.29, 0.717) is 5.95 Å². The highest BCUT2D eigenvalue weighted by atomic mass is 16.6. The zero-order valence-corrected chi connectivity index (χ0v) is 6.84. The van der Waals surface area contributed by atoms with Gasteiger partial charge in [-0.05, 0) is 6.92 Å². The molecule has 0 saturated carbocycles. The Kier molecular flexibility index (Phi) is 4.37. The van der Waals surface area contributed by atoms with E-state index < -0.39 is 0 Å². The highest BCUT2D eigenvalue weighted by Crippen LogP contribution is 2.09. The Morgan fingerprint density at radius 2 is 2.10 bits per heavy atom. The second-order valence-corrected chi connectivity index (χ2v) is 1.49. The standard InChI is InChI=1S/C5H7NO2.C2H6/c1-4-3-5(7-2)8-6-4;1-2/h3H,1-2H3;1-2H3. The molecule has 0 unspecified atom stereocenters. The molecule has 10 heavy (non-hydrogen) atoms. The molecule has 3 nitrogen and oxygen atoms in total. The van der Waals surface area contributed by atoms with Crippen LogP contribution in [-0.2, 0) is 0 Å². The predicted octanol–water partition coefficient (Wildman–Crippen LogP) is 2.02. The molecule has 0 amide bonds. The summed E-state index contributed by atoms with van der Waals surface area (Å²) in [5.74, 6) is 0.461. The van der Waals surface area contributed by atoms with Crippen LogP contribution in [0.5, 0.6) is 5.95 Å². The monoisotopic (exact) mass is 143 g/mol. The molecule has 58 valence electrons. The summed E-state index contributed by atoms with van der Waals surface area (Å²) in [6.45, 7) is 5.84. The third kappa shape index (κ3) is 2.53. The van der Waals surface area contributed by atoms with Crippen molar-refractivity contribution in [2.45, 2.75) is 20.8 Å². The van der Waals surface area contributed by atoms with Gasteiger partial charge in [0.1, 0.15) is 0 Å². The van der Waals surface area contributed by atoms with Crippen molar-refractivity contribution in [1.29, 1.82) is 0 Å². The molecular weight excluding hydrogens is 130 g/mol. The second kappa shape index (κ2) is 4.85. The molecule has 0 atom stereocenters. The van der Waals surface area contributed by atoms with Crippen molar-refractivity contribution in [3.8, 4) is 5.95 Å². The first-order valence-corrected chi connectivity index (χ1v) is 3.30. The van der Waals surface area contributed by atoms with Crippen molar-refractivity contribution in [3.63, 3.8) is 0 Å². The van der Waals surface area contributed by atoms with E-state index in [2.05, 4.69) is 9.68 Å². The van der Waals surface area contributed by atoms with Crippen LogP contribution < -0.4 is 4.74 Å². The first kappa shape index (κ1) is 9.01. The molecule has 0 bridgehead atoms. The smallest absolute Gasteiger partial charge is 0.311 e. The summed E-state index contributed by atoms with van der Waals surface area (Å²) in [5, 5.41) is 3.59. The number of hydrogen-bond acceptors (Lipinski definition) is 3. The van der Waals surface area contributed by atoms with Gasteiger partial charge in [0.2, 0.25) is 0 Å². The van der Waals surface area contributed by atoms with Crippen LogP contribution in [0.2, 0.25) is 0 Å². The van der Waals surface area contributed by atoms with E-state index in [1.807, 2.05) is 20.8 Å². The molecule has 0 fully saturated rings. The van der Waals surface area contributed by atoms with Crippen molar-refractivity contribution in [2.24, 2.45) is 0 Å². The van der Waals surface area contributed by atoms with Crippen LogP contribution >= 0.6 is 0 Å². The van der Waals surface area contributed by atoms with Gasteiger partial charge in [-0.2, -0.15) is 0 Å². The first-order chi connectivity index (χ1) is 4.83. The summed E-state index contributed by atoms with van der Waals surface area (Å²) >= 11 is 0. The number of methoxy groups -OCH3 is 1. The molecule has 1 heterocycles. The minimum Gasteiger partial charge on any atom is -0.467 e. The number of rotatable bonds is 1. The molecule has 0 radical (unpaired) electrons. The lowest BCUT2D eigenvalue weighted by molar-refractivity contribution is 0.260. The molecule has 0 aliphatic carbocycles. The third-order valence-electron chi connectivity index (χ3n) is 0.808. The SMILES string of the molecule is CC.COc1cc(C)no1. The molecule has 1 aromatic heterocycles. The molecule has 0 spiro atoms. The third-order valence-corrected chi connectivity index (χ3v) is 0.808. The number of nitrogens with zero attached hydrogens (tertiary/aromatic N) is 1. The van der Waals surface area contributed by atoms with Gasteiger partial charge < -0.3 is 9.26 Å². The normalized spacial score (nSPS) is 8.00. The van der Waals surface area contributed by atoms with Crippen LogP contribution in [0.25, 0.3) is 0 Å². The van der Waals surface area contributed by atoms with E-state index in [4.69, 9.17) is 4.74 Å². The Hall–Kier alpha value is -0.990. The van der Waals surface area contributed by atoms with Gasteiger partial charge in [0.25, 0.3) is 0 Å². The lowest BCUT2D eigenvalue weighted by Crippen LogP contribution is -1.75. The van der Waals surface area contributed by atoms with E-state index in [1.54, 1.807) is 13.2 Å². The van der Waals surface area contributed by atoms with Crippen molar-refractivity contribution in [1.82, 2.24) is 5.16 Å². The van der Waals surface area contributed by atoms with Crippen LogP contribution in [-0.4, -0.2) is 12.3 Å². The summed E-state index contributed by atoms with van der Waals surface area (Å²) in [5.41, 5.74) is 0.835. The van der Waals surface area contributed by atoms with Crippen LogP contribution in [0.4, 0.5) is 0 Å². The zero-order valence-electron chi connectivity index (χ0n) is 6.84. The maximum Gasteiger partial charge on any atom is 0.311 e. The van der Waals surface area contributed by atoms with Gasteiger partial charge in [-0.25, -0.2) is 0 Å². The summed E-state index contributed by atoms with van der Waals surface area (Å²) in [4.78, 5) is 0. The van der Waals surface area contributed by atoms with Gasteiger partial charge in [-0.15, -0.1) is 0 Å². The van der Waals surface area contributed by atoms with Crippen LogP contribution in [0, 0.1) is 6.92 Å². The van der Waals surface area contributed by atoms with Gasteiger partial charge in [0.15, 0.2) is 0 Å². The second-order valence-electron chi connectivity index (χ2n) is 1.49. The largest absolute Gasteiger partial charge is 0.467 e. The lowest BCUT2D eigenvalue weighted by Gasteiger charge is -1.83. The number of hydrogen-bond donors (Lipinski definition) is 0. The molecular formula is C7H13NO2. The highest BCUT2D eigenvalue weighted by molar-refractivity contribution is 5.07. The summed E-state index contributed by atoms with van der Waals surface area (Å²) < 4.78 is 9.35. The number of ether oxygens (including phenoxy) is 1. The van der Waals surface area contributed by atoms with Crippen molar-refractivity contribution in [3.05, 3.63) is 11.8 Å². The maximum atomic E-state index is 4.71. The molecule has 1 aromatic rings. The zero-order chi connectivity index (χ0) is 7.98. The first-order valence-electron chi connectivity index (χ1n) is 3.30. The predicted molar refractivity (Wildman–Crippen MR) is 39.1 cm³/mol. The van der Waals surface area contributed by atoms with Gasteiger partial charge in [-0.3, -0.25) is 0 Å². The molecule has 0 saturated heterocycles. The summed E-state index contributed by atoms with van der Waals surface area (Å²) in [6, 6.07) is 1.72. The van der Waals surface area contributed by atoms with Gasteiger partial charge in [-0.1, -0.05) is 19.0 Å². The molecule has 0 aromatic carbocycles. The summed E-state index contributed by atoms with van der Waals surface area (Å²) in [7, 11) is 1.54. The van der Waals surface area contributed by atoms with E-state index in [0.717, 1.165) is 5.69 Å².